The molecule has 0 spiro atoms. The molecule has 5 rings (SSSR count). The fourth-order valence-corrected chi connectivity index (χ4v) is 7.16. The van der Waals surface area contributed by atoms with Gasteiger partial charge in [0.1, 0.15) is 12.3 Å². The van der Waals surface area contributed by atoms with Crippen LogP contribution >= 0.6 is 0 Å². The van der Waals surface area contributed by atoms with Gasteiger partial charge in [0.2, 0.25) is 10.0 Å². The topological polar surface area (TPSA) is 149 Å². The zero-order valence-electron chi connectivity index (χ0n) is 20.7. The van der Waals surface area contributed by atoms with Crippen LogP contribution in [0.15, 0.2) is 35.4 Å². The Labute approximate surface area is 216 Å². The minimum atomic E-state index is -3.81. The van der Waals surface area contributed by atoms with Crippen molar-refractivity contribution < 1.29 is 30.6 Å². The molecule has 4 unspecified atom stereocenters. The Morgan fingerprint density at radius 3 is 2.73 bits per heavy atom. The summed E-state index contributed by atoms with van der Waals surface area (Å²) in [5.41, 5.74) is 2.74. The number of hydrogen-bond donors (Lipinski definition) is 2. The summed E-state index contributed by atoms with van der Waals surface area (Å²) in [6.45, 7) is 2.80. The minimum Gasteiger partial charge on any atom is -0.347 e. The Kier molecular flexibility index (Phi) is 7.15. The molecule has 2 saturated heterocycles. The highest BCUT2D eigenvalue weighted by atomic mass is 32.2. The molecule has 1 amide bonds. The number of nitrogens with zero attached hydrogens (tertiary/aromatic N) is 3. The van der Waals surface area contributed by atoms with Crippen LogP contribution < -0.4 is 10.6 Å². The van der Waals surface area contributed by atoms with Crippen molar-refractivity contribution in [3.8, 4) is 0 Å². The molecule has 2 N–H and O–H groups in total. The third kappa shape index (κ3) is 5.31. The van der Waals surface area contributed by atoms with Crippen molar-refractivity contribution in [3.63, 3.8) is 0 Å². The predicted molar refractivity (Wildman–Crippen MR) is 132 cm³/mol. The first-order chi connectivity index (χ1) is 17.5. The highest BCUT2D eigenvalue weighted by molar-refractivity contribution is 7.89. The van der Waals surface area contributed by atoms with Crippen molar-refractivity contribution in [2.75, 3.05) is 26.0 Å². The number of fused-ring (bicyclic) bond motifs is 2. The van der Waals surface area contributed by atoms with Gasteiger partial charge in [-0.2, -0.15) is 17.8 Å². The van der Waals surface area contributed by atoms with Crippen molar-refractivity contribution in [2.24, 2.45) is 0 Å². The fourth-order valence-electron chi connectivity index (χ4n) is 5.16. The Bertz CT molecular complexity index is 1370. The van der Waals surface area contributed by atoms with Gasteiger partial charge >= 0.3 is 0 Å². The highest BCUT2D eigenvalue weighted by Crippen LogP contribution is 2.34. The first kappa shape index (κ1) is 26.3. The molecule has 2 aliphatic heterocycles. The molecule has 2 aromatic rings. The molecule has 3 heterocycles. The van der Waals surface area contributed by atoms with Gasteiger partial charge in [0.25, 0.3) is 16.0 Å². The van der Waals surface area contributed by atoms with Crippen LogP contribution in [0.25, 0.3) is 0 Å². The van der Waals surface area contributed by atoms with Crippen LogP contribution in [0.3, 0.4) is 0 Å². The van der Waals surface area contributed by atoms with Crippen molar-refractivity contribution in [1.82, 2.24) is 24.7 Å². The lowest BCUT2D eigenvalue weighted by Gasteiger charge is -2.51. The number of rotatable bonds is 8. The van der Waals surface area contributed by atoms with Crippen LogP contribution in [0.5, 0.6) is 0 Å². The van der Waals surface area contributed by atoms with Crippen LogP contribution in [-0.2, 0) is 46.8 Å². The summed E-state index contributed by atoms with van der Waals surface area (Å²) in [5, 5.41) is 10.5. The van der Waals surface area contributed by atoms with Gasteiger partial charge in [0.05, 0.1) is 36.5 Å². The molecule has 202 valence electrons. The molecule has 2 fully saturated rings. The number of nitrogens with one attached hydrogen (secondary N) is 2. The smallest absolute Gasteiger partial charge is 0.264 e. The van der Waals surface area contributed by atoms with E-state index in [2.05, 4.69) is 15.7 Å². The Hall–Kier alpha value is -2.36. The molecule has 1 aromatic carbocycles. The summed E-state index contributed by atoms with van der Waals surface area (Å²) in [6, 6.07) is 5.71. The summed E-state index contributed by atoms with van der Waals surface area (Å²) < 4.78 is 63.0. The van der Waals surface area contributed by atoms with Crippen LogP contribution in [-0.4, -0.2) is 81.2 Å². The molecule has 0 saturated carbocycles. The number of sulfonamides is 1. The van der Waals surface area contributed by atoms with Gasteiger partial charge < -0.3 is 10.1 Å². The molecule has 14 heteroatoms. The summed E-state index contributed by atoms with van der Waals surface area (Å²) in [4.78, 5) is 13.5. The zero-order chi connectivity index (χ0) is 26.4. The van der Waals surface area contributed by atoms with E-state index in [1.807, 2.05) is 6.92 Å². The molecule has 1 aromatic heterocycles. The lowest BCUT2D eigenvalue weighted by atomic mass is 9.92. The SMILES string of the molecule is Cc1ccc(S(=O)(=O)N2CCNC3OC(C(=O)NC4CCCc5c4cnn5CCOS(C)(=O)=O)C32)cc1. The van der Waals surface area contributed by atoms with E-state index in [0.717, 1.165) is 35.9 Å². The number of aryl methyl sites for hydroxylation is 1. The quantitative estimate of drug-likeness (QED) is 0.433. The number of hydrogen-bond acceptors (Lipinski definition) is 9. The lowest BCUT2D eigenvalue weighted by Crippen LogP contribution is -2.75. The molecule has 37 heavy (non-hydrogen) atoms. The number of ether oxygens (including phenoxy) is 1. The number of benzene rings is 1. The first-order valence-corrected chi connectivity index (χ1v) is 15.5. The largest absolute Gasteiger partial charge is 0.347 e. The Morgan fingerprint density at radius 2 is 2.00 bits per heavy atom. The normalized spacial score (nSPS) is 26.1. The minimum absolute atomic E-state index is 0.0265. The predicted octanol–water partition coefficient (Wildman–Crippen LogP) is 0.0489. The van der Waals surface area contributed by atoms with Crippen LogP contribution in [0.2, 0.25) is 0 Å². The summed E-state index contributed by atoms with van der Waals surface area (Å²) in [5.74, 6) is -0.375. The van der Waals surface area contributed by atoms with E-state index in [-0.39, 0.29) is 36.5 Å². The van der Waals surface area contributed by atoms with Crippen LogP contribution in [0.4, 0.5) is 0 Å². The van der Waals surface area contributed by atoms with Gasteiger partial charge in [0.15, 0.2) is 6.10 Å². The second-order valence-corrected chi connectivity index (χ2v) is 13.1. The average Bonchev–Trinajstić information content (AvgIpc) is 3.23. The number of carbonyl (C=O) groups is 1. The molecule has 3 aliphatic rings. The molecule has 1 aliphatic carbocycles. The lowest BCUT2D eigenvalue weighted by molar-refractivity contribution is -0.207. The number of aromatic nitrogens is 2. The van der Waals surface area contributed by atoms with E-state index in [1.165, 1.54) is 4.31 Å². The van der Waals surface area contributed by atoms with Crippen molar-refractivity contribution in [2.45, 2.75) is 62.0 Å². The standard InChI is InChI=1S/C23H31N5O7S2/c1-15-6-8-16(9-7-15)37(32,33)28-11-10-24-23-20(28)21(35-23)22(29)26-18-4-3-5-19-17(18)14-25-27(19)12-13-34-36(2,30)31/h6-9,14,18,20-21,23-24H,3-5,10-13H2,1-2H3,(H,26,29). The van der Waals surface area contributed by atoms with Gasteiger partial charge in [-0.3, -0.25) is 19.0 Å². The monoisotopic (exact) mass is 553 g/mol. The molecule has 4 atom stereocenters. The maximum Gasteiger partial charge on any atom is 0.264 e. The molecule has 0 radical (unpaired) electrons. The van der Waals surface area contributed by atoms with Gasteiger partial charge in [-0.1, -0.05) is 17.7 Å². The van der Waals surface area contributed by atoms with Crippen LogP contribution in [0.1, 0.15) is 35.7 Å². The number of piperazine rings is 1. The second kappa shape index (κ2) is 10.1. The van der Waals surface area contributed by atoms with E-state index >= 15 is 0 Å². The van der Waals surface area contributed by atoms with Gasteiger partial charge in [-0.05, 0) is 38.3 Å². The maximum absolute atomic E-state index is 13.4. The van der Waals surface area contributed by atoms with Crippen molar-refractivity contribution in [1.29, 1.82) is 0 Å². The number of amides is 1. The Morgan fingerprint density at radius 1 is 1.24 bits per heavy atom. The van der Waals surface area contributed by atoms with Gasteiger partial charge in [-0.25, -0.2) is 8.42 Å². The molecule has 12 nitrogen and oxygen atoms in total. The fraction of sp³-hybridized carbons (Fsp3) is 0.565. The van der Waals surface area contributed by atoms with Gasteiger partial charge in [-0.15, -0.1) is 0 Å². The molecular weight excluding hydrogens is 522 g/mol. The molecular formula is C23H31N5O7S2. The summed E-state index contributed by atoms with van der Waals surface area (Å²) >= 11 is 0. The van der Waals surface area contributed by atoms with E-state index in [1.54, 1.807) is 35.1 Å². The third-order valence-corrected chi connectivity index (χ3v) is 9.50. The summed E-state index contributed by atoms with van der Waals surface area (Å²) in [7, 11) is -7.35. The van der Waals surface area contributed by atoms with E-state index in [4.69, 9.17) is 8.92 Å². The zero-order valence-corrected chi connectivity index (χ0v) is 22.3. The highest BCUT2D eigenvalue weighted by Gasteiger charge is 2.55. The maximum atomic E-state index is 13.4. The van der Waals surface area contributed by atoms with Crippen molar-refractivity contribution >= 4 is 26.0 Å². The van der Waals surface area contributed by atoms with E-state index in [9.17, 15) is 21.6 Å². The average molecular weight is 554 g/mol. The van der Waals surface area contributed by atoms with Crippen LogP contribution in [0, 0.1) is 6.92 Å². The summed E-state index contributed by atoms with van der Waals surface area (Å²) in [6.07, 6.45) is 3.45. The second-order valence-electron chi connectivity index (χ2n) is 9.60. The Balaban J connectivity index is 1.29. The van der Waals surface area contributed by atoms with E-state index in [0.29, 0.717) is 13.0 Å². The van der Waals surface area contributed by atoms with Gasteiger partial charge in [0, 0.05) is 24.3 Å². The molecule has 0 bridgehead atoms. The van der Waals surface area contributed by atoms with Crippen molar-refractivity contribution in [3.05, 3.63) is 47.3 Å². The third-order valence-electron chi connectivity index (χ3n) is 6.99. The first-order valence-electron chi connectivity index (χ1n) is 12.2. The number of carbonyl (C=O) groups excluding carboxylic acids is 1. The van der Waals surface area contributed by atoms with E-state index < -0.39 is 38.5 Å².